The van der Waals surface area contributed by atoms with Crippen LogP contribution in [0.2, 0.25) is 0 Å². The maximum atomic E-state index is 11.5. The van der Waals surface area contributed by atoms with E-state index in [1.807, 2.05) is 6.07 Å². The monoisotopic (exact) mass is 263 g/mol. The number of benzene rings is 1. The van der Waals surface area contributed by atoms with Crippen molar-refractivity contribution in [3.05, 3.63) is 29.3 Å². The number of nitrogens with one attached hydrogen (secondary N) is 2. The molecule has 0 radical (unpaired) electrons. The average Bonchev–Trinajstić information content (AvgIpc) is 2.36. The van der Waals surface area contributed by atoms with Crippen LogP contribution in [0, 0.1) is 18.3 Å². The molecule has 100 valence electrons. The van der Waals surface area contributed by atoms with Crippen LogP contribution in [0.15, 0.2) is 18.2 Å². The average molecular weight is 263 g/mol. The highest BCUT2D eigenvalue weighted by Crippen LogP contribution is 2.17. The van der Waals surface area contributed by atoms with Gasteiger partial charge in [-0.25, -0.2) is 9.59 Å². The summed E-state index contributed by atoms with van der Waals surface area (Å²) in [6, 6.07) is 6.24. The van der Waals surface area contributed by atoms with Crippen LogP contribution in [-0.2, 0) is 4.79 Å². The van der Waals surface area contributed by atoms with E-state index in [9.17, 15) is 9.59 Å². The summed E-state index contributed by atoms with van der Waals surface area (Å²) in [7, 11) is 0. The van der Waals surface area contributed by atoms with Crippen LogP contribution in [0.5, 0.6) is 0 Å². The third kappa shape index (κ3) is 3.97. The second-order valence-corrected chi connectivity index (χ2v) is 3.80. The van der Waals surface area contributed by atoms with Crippen molar-refractivity contribution >= 4 is 17.7 Å². The Kier molecular flexibility index (Phi) is 4.85. The molecule has 1 atom stereocenters. The maximum Gasteiger partial charge on any atom is 0.334 e. The van der Waals surface area contributed by atoms with Crippen molar-refractivity contribution in [1.29, 1.82) is 5.26 Å². The number of aliphatic hydroxyl groups is 1. The zero-order valence-electron chi connectivity index (χ0n) is 10.2. The molecule has 0 heterocycles. The number of aliphatic hydroxyl groups excluding tert-OH is 1. The summed E-state index contributed by atoms with van der Waals surface area (Å²) in [6.07, 6.45) is -1.67. The zero-order valence-corrected chi connectivity index (χ0v) is 10.2. The van der Waals surface area contributed by atoms with Crippen molar-refractivity contribution in [2.75, 3.05) is 11.9 Å². The Hall–Kier alpha value is -2.59. The predicted molar refractivity (Wildman–Crippen MR) is 66.6 cm³/mol. The summed E-state index contributed by atoms with van der Waals surface area (Å²) in [6.45, 7) is 1.31. The van der Waals surface area contributed by atoms with Crippen LogP contribution in [0.3, 0.4) is 0 Å². The van der Waals surface area contributed by atoms with Crippen molar-refractivity contribution in [1.82, 2.24) is 5.32 Å². The molecule has 0 aromatic heterocycles. The number of carbonyl (C=O) groups is 2. The van der Waals surface area contributed by atoms with Crippen molar-refractivity contribution in [2.45, 2.75) is 13.0 Å². The number of aliphatic carboxylic acids is 1. The molecule has 1 aromatic rings. The van der Waals surface area contributed by atoms with Gasteiger partial charge in [0.05, 0.1) is 17.8 Å². The lowest BCUT2D eigenvalue weighted by Crippen LogP contribution is -2.38. The first kappa shape index (κ1) is 14.5. The number of amides is 2. The SMILES string of the molecule is Cc1cccc(NC(=O)NC[C@H](O)C(=O)O)c1C#N. The highest BCUT2D eigenvalue weighted by atomic mass is 16.4. The van der Waals surface area contributed by atoms with Crippen molar-refractivity contribution in [2.24, 2.45) is 0 Å². The zero-order chi connectivity index (χ0) is 14.4. The molecule has 0 saturated carbocycles. The van der Waals surface area contributed by atoms with Crippen LogP contribution in [-0.4, -0.2) is 34.9 Å². The fourth-order valence-corrected chi connectivity index (χ4v) is 1.36. The fraction of sp³-hybridized carbons (Fsp3) is 0.250. The number of nitriles is 1. The van der Waals surface area contributed by atoms with Gasteiger partial charge in [-0.05, 0) is 18.6 Å². The number of nitrogens with zero attached hydrogens (tertiary/aromatic N) is 1. The Bertz CT molecular complexity index is 536. The third-order valence-electron chi connectivity index (χ3n) is 2.37. The largest absolute Gasteiger partial charge is 0.479 e. The molecule has 0 saturated heterocycles. The van der Waals surface area contributed by atoms with Gasteiger partial charge in [0.2, 0.25) is 0 Å². The molecule has 1 rings (SSSR count). The first-order valence-corrected chi connectivity index (χ1v) is 5.41. The molecule has 0 aliphatic heterocycles. The minimum atomic E-state index is -1.67. The summed E-state index contributed by atoms with van der Waals surface area (Å²) >= 11 is 0. The van der Waals surface area contributed by atoms with E-state index in [1.165, 1.54) is 0 Å². The van der Waals surface area contributed by atoms with E-state index in [0.717, 1.165) is 0 Å². The van der Waals surface area contributed by atoms with E-state index in [0.29, 0.717) is 16.8 Å². The lowest BCUT2D eigenvalue weighted by molar-refractivity contribution is -0.146. The van der Waals surface area contributed by atoms with Crippen LogP contribution in [0.1, 0.15) is 11.1 Å². The molecule has 2 amide bonds. The molecule has 1 aromatic carbocycles. The number of rotatable bonds is 4. The minimum absolute atomic E-state index is 0.324. The third-order valence-corrected chi connectivity index (χ3v) is 2.37. The molecular formula is C12H13N3O4. The molecule has 19 heavy (non-hydrogen) atoms. The molecule has 0 fully saturated rings. The van der Waals surface area contributed by atoms with Gasteiger partial charge in [-0.2, -0.15) is 5.26 Å². The second-order valence-electron chi connectivity index (χ2n) is 3.80. The van der Waals surface area contributed by atoms with Crippen LogP contribution >= 0.6 is 0 Å². The molecule has 0 bridgehead atoms. The van der Waals surface area contributed by atoms with Gasteiger partial charge in [-0.15, -0.1) is 0 Å². The fourth-order valence-electron chi connectivity index (χ4n) is 1.36. The smallest absolute Gasteiger partial charge is 0.334 e. The van der Waals surface area contributed by atoms with Gasteiger partial charge in [0, 0.05) is 0 Å². The number of carbonyl (C=O) groups excluding carboxylic acids is 1. The van der Waals surface area contributed by atoms with E-state index in [4.69, 9.17) is 15.5 Å². The van der Waals surface area contributed by atoms with Crippen LogP contribution in [0.4, 0.5) is 10.5 Å². The summed E-state index contributed by atoms with van der Waals surface area (Å²) in [5.74, 6) is -1.42. The van der Waals surface area contributed by atoms with Gasteiger partial charge in [0.25, 0.3) is 0 Å². The Morgan fingerprint density at radius 3 is 2.74 bits per heavy atom. The molecule has 0 aliphatic rings. The lowest BCUT2D eigenvalue weighted by atomic mass is 10.1. The second kappa shape index (κ2) is 6.37. The first-order chi connectivity index (χ1) is 8.95. The highest BCUT2D eigenvalue weighted by Gasteiger charge is 2.14. The predicted octanol–water partition coefficient (Wildman–Crippen LogP) is 0.434. The summed E-state index contributed by atoms with van der Waals surface area (Å²) in [5, 5.41) is 31.0. The minimum Gasteiger partial charge on any atom is -0.479 e. The van der Waals surface area contributed by atoms with E-state index in [-0.39, 0.29) is 0 Å². The molecule has 0 unspecified atom stereocenters. The molecule has 7 nitrogen and oxygen atoms in total. The molecule has 0 aliphatic carbocycles. The van der Waals surface area contributed by atoms with E-state index >= 15 is 0 Å². The van der Waals surface area contributed by atoms with Crippen LogP contribution < -0.4 is 10.6 Å². The molecular weight excluding hydrogens is 250 g/mol. The Morgan fingerprint density at radius 1 is 1.47 bits per heavy atom. The summed E-state index contributed by atoms with van der Waals surface area (Å²) in [5.41, 5.74) is 1.37. The van der Waals surface area contributed by atoms with Gasteiger partial charge in [0.1, 0.15) is 6.07 Å². The Balaban J connectivity index is 2.66. The van der Waals surface area contributed by atoms with Crippen molar-refractivity contribution in [3.63, 3.8) is 0 Å². The first-order valence-electron chi connectivity index (χ1n) is 5.41. The van der Waals surface area contributed by atoms with E-state index in [1.54, 1.807) is 25.1 Å². The van der Waals surface area contributed by atoms with E-state index in [2.05, 4.69) is 10.6 Å². The maximum absolute atomic E-state index is 11.5. The standard InChI is InChI=1S/C12H13N3O4/c1-7-3-2-4-9(8(7)5-13)15-12(19)14-6-10(16)11(17)18/h2-4,10,16H,6H2,1H3,(H,17,18)(H2,14,15,19)/t10-/m0/s1. The van der Waals surface area contributed by atoms with Crippen molar-refractivity contribution < 1.29 is 19.8 Å². The highest BCUT2D eigenvalue weighted by molar-refractivity contribution is 5.91. The molecule has 0 spiro atoms. The number of anilines is 1. The van der Waals surface area contributed by atoms with Gasteiger partial charge in [-0.1, -0.05) is 12.1 Å². The number of carboxylic acids is 1. The lowest BCUT2D eigenvalue weighted by Gasteiger charge is -2.11. The molecule has 7 heteroatoms. The summed E-state index contributed by atoms with van der Waals surface area (Å²) < 4.78 is 0. The van der Waals surface area contributed by atoms with Gasteiger partial charge in [0.15, 0.2) is 6.10 Å². The van der Waals surface area contributed by atoms with Gasteiger partial charge in [-0.3, -0.25) is 0 Å². The molecule has 4 N–H and O–H groups in total. The van der Waals surface area contributed by atoms with Gasteiger partial charge >= 0.3 is 12.0 Å². The Labute approximate surface area is 109 Å². The number of urea groups is 1. The number of hydrogen-bond acceptors (Lipinski definition) is 4. The Morgan fingerprint density at radius 2 is 2.16 bits per heavy atom. The normalized spacial score (nSPS) is 11.2. The quantitative estimate of drug-likeness (QED) is 0.627. The number of carboxylic acid groups (broad SMARTS) is 1. The topological polar surface area (TPSA) is 122 Å². The number of hydrogen-bond donors (Lipinski definition) is 4. The van der Waals surface area contributed by atoms with Gasteiger partial charge < -0.3 is 20.8 Å². The van der Waals surface area contributed by atoms with Crippen LogP contribution in [0.25, 0.3) is 0 Å². The van der Waals surface area contributed by atoms with Crippen molar-refractivity contribution in [3.8, 4) is 6.07 Å². The summed E-state index contributed by atoms with van der Waals surface area (Å²) in [4.78, 5) is 21.8. The van der Waals surface area contributed by atoms with E-state index < -0.39 is 24.6 Å². The number of aryl methyl sites for hydroxylation is 1.